The van der Waals surface area contributed by atoms with Crippen LogP contribution in [0.3, 0.4) is 0 Å². The number of hydrogen-bond acceptors (Lipinski definition) is 5. The van der Waals surface area contributed by atoms with Crippen molar-refractivity contribution in [3.63, 3.8) is 0 Å². The van der Waals surface area contributed by atoms with Gasteiger partial charge in [-0.3, -0.25) is 4.79 Å². The summed E-state index contributed by atoms with van der Waals surface area (Å²) in [6, 6.07) is 8.35. The molecular formula is C16H20N4O2. The maximum atomic E-state index is 12.2. The predicted octanol–water partition coefficient (Wildman–Crippen LogP) is 2.55. The second-order valence-electron chi connectivity index (χ2n) is 5.64. The topological polar surface area (TPSA) is 71.3 Å². The average Bonchev–Trinajstić information content (AvgIpc) is 3.06. The fraction of sp³-hybridized carbons (Fsp3) is 0.438. The van der Waals surface area contributed by atoms with Crippen LogP contribution in [0.5, 0.6) is 0 Å². The molecule has 22 heavy (non-hydrogen) atoms. The summed E-state index contributed by atoms with van der Waals surface area (Å²) in [7, 11) is 0. The summed E-state index contributed by atoms with van der Waals surface area (Å²) in [5, 5.41) is 11.1. The van der Waals surface area contributed by atoms with Crippen molar-refractivity contribution in [2.24, 2.45) is 0 Å². The molecule has 6 heteroatoms. The van der Waals surface area contributed by atoms with Crippen LogP contribution in [0.15, 0.2) is 28.7 Å². The fourth-order valence-corrected chi connectivity index (χ4v) is 2.65. The van der Waals surface area contributed by atoms with E-state index in [1.165, 1.54) is 0 Å². The highest BCUT2D eigenvalue weighted by Crippen LogP contribution is 2.24. The first-order valence-electron chi connectivity index (χ1n) is 7.61. The third kappa shape index (κ3) is 3.10. The van der Waals surface area contributed by atoms with Crippen molar-refractivity contribution in [2.75, 3.05) is 16.8 Å². The van der Waals surface area contributed by atoms with Crippen LogP contribution in [-0.4, -0.2) is 28.7 Å². The molecular weight excluding hydrogens is 280 g/mol. The van der Waals surface area contributed by atoms with Gasteiger partial charge in [-0.1, -0.05) is 24.2 Å². The Balaban J connectivity index is 1.66. The van der Waals surface area contributed by atoms with E-state index < -0.39 is 0 Å². The summed E-state index contributed by atoms with van der Waals surface area (Å²) >= 11 is 0. The van der Waals surface area contributed by atoms with Crippen molar-refractivity contribution in [2.45, 2.75) is 39.2 Å². The summed E-state index contributed by atoms with van der Waals surface area (Å²) < 4.78 is 5.52. The van der Waals surface area contributed by atoms with Crippen LogP contribution in [0.2, 0.25) is 0 Å². The fourth-order valence-electron chi connectivity index (χ4n) is 2.65. The molecule has 1 amide bonds. The van der Waals surface area contributed by atoms with Crippen LogP contribution in [0.1, 0.15) is 31.2 Å². The Morgan fingerprint density at radius 1 is 1.41 bits per heavy atom. The van der Waals surface area contributed by atoms with Gasteiger partial charge in [0.1, 0.15) is 0 Å². The molecule has 1 aliphatic heterocycles. The molecule has 0 unspecified atom stereocenters. The molecule has 0 radical (unpaired) electrons. The maximum Gasteiger partial charge on any atom is 0.315 e. The normalized spacial score (nSPS) is 18.0. The molecule has 2 heterocycles. The van der Waals surface area contributed by atoms with Gasteiger partial charge in [0.15, 0.2) is 0 Å². The number of carbonyl (C=O) groups excluding carboxylic acids is 1. The predicted molar refractivity (Wildman–Crippen MR) is 83.9 cm³/mol. The number of amides is 1. The SMILES string of the molecule is CCCc1nnc(N[C@@H]2CC(=O)N(c3cccc(C)c3)C2)o1. The van der Waals surface area contributed by atoms with Gasteiger partial charge >= 0.3 is 6.01 Å². The Kier molecular flexibility index (Phi) is 4.09. The quantitative estimate of drug-likeness (QED) is 0.918. The van der Waals surface area contributed by atoms with Crippen molar-refractivity contribution in [1.29, 1.82) is 0 Å². The van der Waals surface area contributed by atoms with E-state index in [2.05, 4.69) is 22.4 Å². The van der Waals surface area contributed by atoms with Crippen molar-refractivity contribution in [3.8, 4) is 0 Å². The van der Waals surface area contributed by atoms with E-state index in [-0.39, 0.29) is 11.9 Å². The van der Waals surface area contributed by atoms with Crippen LogP contribution >= 0.6 is 0 Å². The number of carbonyl (C=O) groups is 1. The Labute approximate surface area is 129 Å². The van der Waals surface area contributed by atoms with E-state index in [1.54, 1.807) is 4.90 Å². The molecule has 1 atom stereocenters. The molecule has 0 saturated carbocycles. The Morgan fingerprint density at radius 3 is 3.05 bits per heavy atom. The van der Waals surface area contributed by atoms with Gasteiger partial charge in [0.2, 0.25) is 11.8 Å². The zero-order valence-corrected chi connectivity index (χ0v) is 12.9. The molecule has 0 spiro atoms. The lowest BCUT2D eigenvalue weighted by Gasteiger charge is -2.17. The number of nitrogens with one attached hydrogen (secondary N) is 1. The van der Waals surface area contributed by atoms with Crippen LogP contribution in [-0.2, 0) is 11.2 Å². The minimum absolute atomic E-state index is 0.0112. The standard InChI is InChI=1S/C16H20N4O2/c1-3-5-14-18-19-16(22-14)17-12-9-15(21)20(10-12)13-7-4-6-11(2)8-13/h4,6-8,12H,3,5,9-10H2,1-2H3,(H,17,19)/t12-/m1/s1. The van der Waals surface area contributed by atoms with Crippen molar-refractivity contribution in [3.05, 3.63) is 35.7 Å². The Bertz CT molecular complexity index is 668. The van der Waals surface area contributed by atoms with Gasteiger partial charge in [-0.25, -0.2) is 0 Å². The number of anilines is 2. The van der Waals surface area contributed by atoms with Gasteiger partial charge in [-0.05, 0) is 31.0 Å². The first-order chi connectivity index (χ1) is 10.7. The number of aryl methyl sites for hydroxylation is 2. The van der Waals surface area contributed by atoms with Crippen LogP contribution in [0, 0.1) is 6.92 Å². The minimum atomic E-state index is -0.0112. The third-order valence-electron chi connectivity index (χ3n) is 3.70. The first-order valence-corrected chi connectivity index (χ1v) is 7.61. The number of hydrogen-bond donors (Lipinski definition) is 1. The lowest BCUT2D eigenvalue weighted by atomic mass is 10.2. The van der Waals surface area contributed by atoms with E-state index in [4.69, 9.17) is 4.42 Å². The second-order valence-corrected chi connectivity index (χ2v) is 5.64. The van der Waals surface area contributed by atoms with Gasteiger partial charge in [-0.2, -0.15) is 0 Å². The molecule has 1 aliphatic rings. The zero-order valence-electron chi connectivity index (χ0n) is 12.9. The van der Waals surface area contributed by atoms with E-state index in [9.17, 15) is 4.79 Å². The molecule has 0 bridgehead atoms. The monoisotopic (exact) mass is 300 g/mol. The first kappa shape index (κ1) is 14.6. The molecule has 1 aromatic heterocycles. The summed E-state index contributed by atoms with van der Waals surface area (Å²) in [5.74, 6) is 0.737. The van der Waals surface area contributed by atoms with Gasteiger partial charge in [0, 0.05) is 25.1 Å². The highest BCUT2D eigenvalue weighted by atomic mass is 16.4. The smallest absolute Gasteiger partial charge is 0.315 e. The molecule has 6 nitrogen and oxygen atoms in total. The zero-order chi connectivity index (χ0) is 15.5. The molecule has 2 aromatic rings. The van der Waals surface area contributed by atoms with Crippen LogP contribution < -0.4 is 10.2 Å². The maximum absolute atomic E-state index is 12.2. The van der Waals surface area contributed by atoms with E-state index in [0.29, 0.717) is 24.9 Å². The van der Waals surface area contributed by atoms with Gasteiger partial charge in [0.25, 0.3) is 0 Å². The van der Waals surface area contributed by atoms with E-state index in [1.807, 2.05) is 31.2 Å². The second kappa shape index (κ2) is 6.17. The van der Waals surface area contributed by atoms with Gasteiger partial charge in [-0.15, -0.1) is 5.10 Å². The Hall–Kier alpha value is -2.37. The highest BCUT2D eigenvalue weighted by molar-refractivity contribution is 5.96. The molecule has 1 fully saturated rings. The van der Waals surface area contributed by atoms with Crippen LogP contribution in [0.25, 0.3) is 0 Å². The molecule has 1 N–H and O–H groups in total. The van der Waals surface area contributed by atoms with Crippen LogP contribution in [0.4, 0.5) is 11.7 Å². The van der Waals surface area contributed by atoms with Crippen molar-refractivity contribution < 1.29 is 9.21 Å². The summed E-state index contributed by atoms with van der Waals surface area (Å²) in [4.78, 5) is 14.0. The van der Waals surface area contributed by atoms with Crippen molar-refractivity contribution >= 4 is 17.6 Å². The number of benzene rings is 1. The molecule has 1 aromatic carbocycles. The van der Waals surface area contributed by atoms with Crippen molar-refractivity contribution in [1.82, 2.24) is 10.2 Å². The largest absolute Gasteiger partial charge is 0.408 e. The number of aromatic nitrogens is 2. The minimum Gasteiger partial charge on any atom is -0.408 e. The summed E-state index contributed by atoms with van der Waals surface area (Å²) in [5.41, 5.74) is 2.08. The Morgan fingerprint density at radius 2 is 2.27 bits per heavy atom. The molecule has 3 rings (SSSR count). The average molecular weight is 300 g/mol. The third-order valence-corrected chi connectivity index (χ3v) is 3.70. The summed E-state index contributed by atoms with van der Waals surface area (Å²) in [6.45, 7) is 4.69. The lowest BCUT2D eigenvalue weighted by molar-refractivity contribution is -0.117. The van der Waals surface area contributed by atoms with E-state index >= 15 is 0 Å². The van der Waals surface area contributed by atoms with Gasteiger partial charge < -0.3 is 14.6 Å². The van der Waals surface area contributed by atoms with Gasteiger partial charge in [0.05, 0.1) is 6.04 Å². The van der Waals surface area contributed by atoms with E-state index in [0.717, 1.165) is 24.1 Å². The number of rotatable bonds is 5. The summed E-state index contributed by atoms with van der Waals surface area (Å²) in [6.07, 6.45) is 2.16. The molecule has 0 aliphatic carbocycles. The molecule has 116 valence electrons. The highest BCUT2D eigenvalue weighted by Gasteiger charge is 2.31. The molecule has 1 saturated heterocycles. The number of nitrogens with zero attached hydrogens (tertiary/aromatic N) is 3. The lowest BCUT2D eigenvalue weighted by Crippen LogP contribution is -2.27.